The summed E-state index contributed by atoms with van der Waals surface area (Å²) in [7, 11) is 0. The van der Waals surface area contributed by atoms with Gasteiger partial charge in [-0.15, -0.1) is 0 Å². The van der Waals surface area contributed by atoms with Crippen LogP contribution in [-0.2, 0) is 6.54 Å². The molecule has 1 aliphatic rings. The van der Waals surface area contributed by atoms with Crippen molar-refractivity contribution >= 4 is 18.5 Å². The Morgan fingerprint density at radius 2 is 2.33 bits per heavy atom. The first-order valence-electron chi connectivity index (χ1n) is 4.82. The molecule has 0 aliphatic carbocycles. The Balaban J connectivity index is 2.27. The molecule has 1 amide bonds. The number of fused-ring (bicyclic) bond motifs is 1. The summed E-state index contributed by atoms with van der Waals surface area (Å²) in [5, 5.41) is 2.78. The summed E-state index contributed by atoms with van der Waals surface area (Å²) in [5.41, 5.74) is 2.71. The summed E-state index contributed by atoms with van der Waals surface area (Å²) in [5.74, 6) is 6.78. The average Bonchev–Trinajstić information content (AvgIpc) is 2.61. The third-order valence-corrected chi connectivity index (χ3v) is 2.49. The van der Waals surface area contributed by atoms with Gasteiger partial charge >= 0.3 is 0 Å². The highest BCUT2D eigenvalue weighted by Gasteiger charge is 2.17. The lowest BCUT2D eigenvalue weighted by molar-refractivity contribution is 0.0965. The van der Waals surface area contributed by atoms with Crippen LogP contribution in [0, 0.1) is 11.8 Å². The van der Waals surface area contributed by atoms with Gasteiger partial charge in [0.1, 0.15) is 0 Å². The molecular weight excluding hydrogens is 206 g/mol. The van der Waals surface area contributed by atoms with Crippen molar-refractivity contribution in [2.75, 3.05) is 5.75 Å². The fourth-order valence-corrected chi connectivity index (χ4v) is 1.62. The van der Waals surface area contributed by atoms with Gasteiger partial charge < -0.3 is 5.32 Å². The lowest BCUT2D eigenvalue weighted by Crippen LogP contribution is -2.12. The Hall–Kier alpha value is -1.40. The molecular formula is C12H11NOS. The van der Waals surface area contributed by atoms with Crippen LogP contribution < -0.4 is 5.32 Å². The van der Waals surface area contributed by atoms with Crippen molar-refractivity contribution in [1.82, 2.24) is 5.32 Å². The van der Waals surface area contributed by atoms with Crippen molar-refractivity contribution in [1.29, 1.82) is 0 Å². The van der Waals surface area contributed by atoms with Gasteiger partial charge in [-0.05, 0) is 17.7 Å². The maximum atomic E-state index is 11.4. The van der Waals surface area contributed by atoms with Crippen molar-refractivity contribution in [2.24, 2.45) is 0 Å². The second-order valence-electron chi connectivity index (χ2n) is 3.33. The third kappa shape index (κ3) is 2.16. The molecule has 2 nitrogen and oxygen atoms in total. The third-order valence-electron chi connectivity index (χ3n) is 2.26. The zero-order valence-electron chi connectivity index (χ0n) is 8.21. The van der Waals surface area contributed by atoms with E-state index in [1.54, 1.807) is 0 Å². The number of carbonyl (C=O) groups is 1. The first-order valence-corrected chi connectivity index (χ1v) is 5.45. The average molecular weight is 217 g/mol. The summed E-state index contributed by atoms with van der Waals surface area (Å²) in [6.07, 6.45) is 0.770. The van der Waals surface area contributed by atoms with E-state index in [2.05, 4.69) is 29.8 Å². The van der Waals surface area contributed by atoms with Crippen LogP contribution >= 0.6 is 12.6 Å². The molecule has 3 heteroatoms. The number of nitrogens with one attached hydrogen (secondary N) is 1. The number of thiol groups is 1. The molecule has 1 aliphatic heterocycles. The van der Waals surface area contributed by atoms with Gasteiger partial charge in [0.2, 0.25) is 0 Å². The lowest BCUT2D eigenvalue weighted by Gasteiger charge is -1.95. The minimum Gasteiger partial charge on any atom is -0.348 e. The van der Waals surface area contributed by atoms with E-state index in [4.69, 9.17) is 0 Å². The Morgan fingerprint density at radius 3 is 3.13 bits per heavy atom. The van der Waals surface area contributed by atoms with Gasteiger partial charge in [0.05, 0.1) is 0 Å². The van der Waals surface area contributed by atoms with E-state index in [-0.39, 0.29) is 5.91 Å². The number of hydrogen-bond donors (Lipinski definition) is 2. The molecule has 1 heterocycles. The molecule has 0 aromatic heterocycles. The molecule has 0 unspecified atom stereocenters. The predicted octanol–water partition coefficient (Wildman–Crippen LogP) is 1.60. The molecule has 1 aromatic carbocycles. The fraction of sp³-hybridized carbons (Fsp3) is 0.250. The van der Waals surface area contributed by atoms with Crippen LogP contribution in [0.4, 0.5) is 0 Å². The molecule has 0 saturated heterocycles. The van der Waals surface area contributed by atoms with Gasteiger partial charge in [-0.2, -0.15) is 12.6 Å². The molecule has 0 fully saturated rings. The Morgan fingerprint density at radius 1 is 1.47 bits per heavy atom. The van der Waals surface area contributed by atoms with Crippen molar-refractivity contribution in [2.45, 2.75) is 13.0 Å². The number of benzene rings is 1. The fourth-order valence-electron chi connectivity index (χ4n) is 1.51. The van der Waals surface area contributed by atoms with Crippen LogP contribution in [0.3, 0.4) is 0 Å². The maximum Gasteiger partial charge on any atom is 0.251 e. The molecule has 0 atom stereocenters. The summed E-state index contributed by atoms with van der Waals surface area (Å²) in [6.45, 7) is 0.637. The minimum atomic E-state index is 0.00263. The van der Waals surface area contributed by atoms with Crippen molar-refractivity contribution in [3.8, 4) is 11.8 Å². The van der Waals surface area contributed by atoms with Crippen LogP contribution in [0.2, 0.25) is 0 Å². The van der Waals surface area contributed by atoms with E-state index in [1.807, 2.05) is 18.2 Å². The monoisotopic (exact) mass is 217 g/mol. The first-order chi connectivity index (χ1) is 7.31. The molecule has 0 spiro atoms. The normalized spacial score (nSPS) is 12.7. The number of amides is 1. The summed E-state index contributed by atoms with van der Waals surface area (Å²) in [4.78, 5) is 11.4. The first kappa shape index (κ1) is 10.1. The van der Waals surface area contributed by atoms with Crippen molar-refractivity contribution < 1.29 is 4.79 Å². The van der Waals surface area contributed by atoms with Crippen LogP contribution in [0.15, 0.2) is 18.2 Å². The Kier molecular flexibility index (Phi) is 2.98. The second kappa shape index (κ2) is 4.41. The van der Waals surface area contributed by atoms with Crippen molar-refractivity contribution in [3.63, 3.8) is 0 Å². The van der Waals surface area contributed by atoms with E-state index in [1.165, 1.54) is 0 Å². The Labute approximate surface area is 94.5 Å². The molecule has 2 rings (SSSR count). The van der Waals surface area contributed by atoms with Gasteiger partial charge in [-0.25, -0.2) is 0 Å². The van der Waals surface area contributed by atoms with Gasteiger partial charge in [0, 0.05) is 29.8 Å². The zero-order valence-corrected chi connectivity index (χ0v) is 9.10. The lowest BCUT2D eigenvalue weighted by atomic mass is 10.1. The number of hydrogen-bond acceptors (Lipinski definition) is 2. The highest BCUT2D eigenvalue weighted by molar-refractivity contribution is 7.80. The topological polar surface area (TPSA) is 29.1 Å². The SMILES string of the molecule is O=C1NCc2ccc(C#CCCS)cc21. The summed E-state index contributed by atoms with van der Waals surface area (Å²) < 4.78 is 0. The van der Waals surface area contributed by atoms with Crippen LogP contribution in [0.25, 0.3) is 0 Å². The number of rotatable bonds is 1. The summed E-state index contributed by atoms with van der Waals surface area (Å²) >= 11 is 4.08. The van der Waals surface area contributed by atoms with E-state index < -0.39 is 0 Å². The van der Waals surface area contributed by atoms with Gasteiger partial charge in [-0.3, -0.25) is 4.79 Å². The number of carbonyl (C=O) groups excluding carboxylic acids is 1. The van der Waals surface area contributed by atoms with E-state index in [0.29, 0.717) is 6.54 Å². The van der Waals surface area contributed by atoms with E-state index in [9.17, 15) is 4.79 Å². The molecule has 0 bridgehead atoms. The zero-order chi connectivity index (χ0) is 10.7. The van der Waals surface area contributed by atoms with Gasteiger partial charge in [0.25, 0.3) is 5.91 Å². The highest BCUT2D eigenvalue weighted by atomic mass is 32.1. The smallest absolute Gasteiger partial charge is 0.251 e. The molecule has 1 aromatic rings. The Bertz CT molecular complexity index is 456. The van der Waals surface area contributed by atoms with Crippen LogP contribution in [0.5, 0.6) is 0 Å². The van der Waals surface area contributed by atoms with Crippen molar-refractivity contribution in [3.05, 3.63) is 34.9 Å². The van der Waals surface area contributed by atoms with Crippen LogP contribution in [-0.4, -0.2) is 11.7 Å². The molecule has 0 radical (unpaired) electrons. The maximum absolute atomic E-state index is 11.4. The van der Waals surface area contributed by atoms with E-state index >= 15 is 0 Å². The summed E-state index contributed by atoms with van der Waals surface area (Å²) in [6, 6.07) is 5.76. The molecule has 15 heavy (non-hydrogen) atoms. The van der Waals surface area contributed by atoms with Gasteiger partial charge in [-0.1, -0.05) is 17.9 Å². The standard InChI is InChI=1S/C12H11NOS/c14-12-11-7-9(3-1-2-6-15)4-5-10(11)8-13-12/h4-5,7,15H,2,6,8H2,(H,13,14). The second-order valence-corrected chi connectivity index (χ2v) is 3.78. The molecule has 76 valence electrons. The highest BCUT2D eigenvalue weighted by Crippen LogP contribution is 2.16. The minimum absolute atomic E-state index is 0.00263. The molecule has 1 N–H and O–H groups in total. The largest absolute Gasteiger partial charge is 0.348 e. The quantitative estimate of drug-likeness (QED) is 0.543. The van der Waals surface area contributed by atoms with Crippen LogP contribution in [0.1, 0.15) is 27.9 Å². The molecule has 0 saturated carbocycles. The van der Waals surface area contributed by atoms with Gasteiger partial charge in [0.15, 0.2) is 0 Å². The predicted molar refractivity (Wildman–Crippen MR) is 63.0 cm³/mol. The van der Waals surface area contributed by atoms with E-state index in [0.717, 1.165) is 28.9 Å².